The molecule has 1 unspecified atom stereocenters. The number of benzene rings is 1. The van der Waals surface area contributed by atoms with E-state index in [4.69, 9.17) is 10.1 Å². The van der Waals surface area contributed by atoms with Crippen LogP contribution in [0.2, 0.25) is 0 Å². The van der Waals surface area contributed by atoms with Gasteiger partial charge in [0.2, 0.25) is 5.95 Å². The van der Waals surface area contributed by atoms with E-state index in [1.54, 1.807) is 27.0 Å². The van der Waals surface area contributed by atoms with Gasteiger partial charge >= 0.3 is 5.97 Å². The number of aliphatic imine (C=N–C) groups is 1. The maximum atomic E-state index is 12.1. The van der Waals surface area contributed by atoms with Gasteiger partial charge < -0.3 is 20.8 Å². The second-order valence-electron chi connectivity index (χ2n) is 6.77. The van der Waals surface area contributed by atoms with Crippen molar-refractivity contribution < 1.29 is 17.9 Å². The first-order valence-electron chi connectivity index (χ1n) is 9.46. The Balaban J connectivity index is 2.36. The van der Waals surface area contributed by atoms with Crippen LogP contribution in [0.4, 0.5) is 17.5 Å². The Hall–Kier alpha value is -3.34. The summed E-state index contributed by atoms with van der Waals surface area (Å²) < 4.78 is 29.1. The molecule has 11 heteroatoms. The number of nitrogens with one attached hydrogen (secondary N) is 3. The molecule has 31 heavy (non-hydrogen) atoms. The summed E-state index contributed by atoms with van der Waals surface area (Å²) >= 11 is 0. The van der Waals surface area contributed by atoms with Crippen LogP contribution in [0.1, 0.15) is 31.1 Å². The number of rotatable bonds is 8. The summed E-state index contributed by atoms with van der Waals surface area (Å²) in [6, 6.07) is 5.76. The third-order valence-electron chi connectivity index (χ3n) is 4.31. The second-order valence-corrected chi connectivity index (χ2v) is 8.78. The number of nitrogens with zero attached hydrogens (tertiary/aromatic N) is 3. The molecule has 0 saturated carbocycles. The standard InChI is InChI=1S/C20H26N6O4S/c1-6-30-19(27)14-9-15(11-16(10-14)31(5,28)29)24-20-23-8-7-17(26-20)25-18(22-4)12(2)13(3)21/h7-12,21H,6H2,1-5H3,(H2,22,23,24,25,26). The third kappa shape index (κ3) is 6.57. The van der Waals surface area contributed by atoms with Gasteiger partial charge in [0.1, 0.15) is 11.7 Å². The summed E-state index contributed by atoms with van der Waals surface area (Å²) in [4.78, 5) is 24.8. The second kappa shape index (κ2) is 10.1. The lowest BCUT2D eigenvalue weighted by atomic mass is 10.1. The average molecular weight is 447 g/mol. The molecule has 0 bridgehead atoms. The van der Waals surface area contributed by atoms with Crippen LogP contribution >= 0.6 is 0 Å². The van der Waals surface area contributed by atoms with Gasteiger partial charge in [0, 0.05) is 30.9 Å². The average Bonchev–Trinajstić information content (AvgIpc) is 2.71. The molecular weight excluding hydrogens is 420 g/mol. The minimum Gasteiger partial charge on any atom is -0.462 e. The van der Waals surface area contributed by atoms with Crippen molar-refractivity contribution >= 4 is 44.8 Å². The van der Waals surface area contributed by atoms with Gasteiger partial charge in [-0.1, -0.05) is 6.92 Å². The molecule has 2 rings (SSSR count). The maximum Gasteiger partial charge on any atom is 0.338 e. The van der Waals surface area contributed by atoms with Gasteiger partial charge in [-0.3, -0.25) is 4.99 Å². The fourth-order valence-corrected chi connectivity index (χ4v) is 3.21. The lowest BCUT2D eigenvalue weighted by Gasteiger charge is -2.15. The fourth-order valence-electron chi connectivity index (χ4n) is 2.53. The van der Waals surface area contributed by atoms with Crippen molar-refractivity contribution in [1.82, 2.24) is 9.97 Å². The smallest absolute Gasteiger partial charge is 0.338 e. The first kappa shape index (κ1) is 23.9. The van der Waals surface area contributed by atoms with E-state index < -0.39 is 15.8 Å². The molecule has 0 aliphatic heterocycles. The van der Waals surface area contributed by atoms with Crippen molar-refractivity contribution in [2.24, 2.45) is 10.9 Å². The maximum absolute atomic E-state index is 12.1. The molecule has 2 aromatic rings. The molecule has 0 fully saturated rings. The number of carbonyl (C=O) groups is 1. The van der Waals surface area contributed by atoms with E-state index in [-0.39, 0.29) is 28.9 Å². The number of hydrogen-bond donors (Lipinski definition) is 3. The van der Waals surface area contributed by atoms with E-state index >= 15 is 0 Å². The summed E-state index contributed by atoms with van der Waals surface area (Å²) in [5.74, 6) is 0.346. The van der Waals surface area contributed by atoms with Crippen molar-refractivity contribution in [2.75, 3.05) is 30.5 Å². The monoisotopic (exact) mass is 446 g/mol. The first-order chi connectivity index (χ1) is 14.5. The summed E-state index contributed by atoms with van der Waals surface area (Å²) in [7, 11) is -1.95. The molecule has 0 aliphatic rings. The van der Waals surface area contributed by atoms with E-state index in [0.29, 0.717) is 23.1 Å². The molecule has 1 heterocycles. The Kier molecular flexibility index (Phi) is 7.81. The number of carbonyl (C=O) groups excluding carboxylic acids is 1. The fraction of sp³-hybridized carbons (Fsp3) is 0.350. The van der Waals surface area contributed by atoms with Crippen LogP contribution in [-0.4, -0.2) is 55.8 Å². The summed E-state index contributed by atoms with van der Waals surface area (Å²) in [5.41, 5.74) is 0.859. The molecule has 166 valence electrons. The van der Waals surface area contributed by atoms with E-state index in [0.717, 1.165) is 6.26 Å². The molecular formula is C20H26N6O4S. The zero-order chi connectivity index (χ0) is 23.2. The number of amidine groups is 1. The van der Waals surface area contributed by atoms with Crippen molar-refractivity contribution in [2.45, 2.75) is 25.7 Å². The van der Waals surface area contributed by atoms with Gasteiger partial charge in [-0.05, 0) is 38.1 Å². The zero-order valence-electron chi connectivity index (χ0n) is 18.1. The highest BCUT2D eigenvalue weighted by molar-refractivity contribution is 7.90. The van der Waals surface area contributed by atoms with E-state index in [9.17, 15) is 13.2 Å². The summed E-state index contributed by atoms with van der Waals surface area (Å²) in [6.07, 6.45) is 2.57. The minimum atomic E-state index is -3.57. The summed E-state index contributed by atoms with van der Waals surface area (Å²) in [6.45, 7) is 5.38. The highest BCUT2D eigenvalue weighted by Gasteiger charge is 2.16. The zero-order valence-corrected chi connectivity index (χ0v) is 18.9. The lowest BCUT2D eigenvalue weighted by Crippen LogP contribution is -2.26. The van der Waals surface area contributed by atoms with Crippen molar-refractivity contribution in [3.05, 3.63) is 36.0 Å². The van der Waals surface area contributed by atoms with Crippen LogP contribution in [0, 0.1) is 11.3 Å². The van der Waals surface area contributed by atoms with Crippen molar-refractivity contribution in [3.63, 3.8) is 0 Å². The minimum absolute atomic E-state index is 0.0366. The Bertz CT molecular complexity index is 1110. The van der Waals surface area contributed by atoms with Gasteiger partial charge in [-0.2, -0.15) is 4.98 Å². The van der Waals surface area contributed by atoms with Crippen LogP contribution in [-0.2, 0) is 14.6 Å². The predicted octanol–water partition coefficient (Wildman–Crippen LogP) is 2.92. The third-order valence-corrected chi connectivity index (χ3v) is 5.41. The normalized spacial score (nSPS) is 12.7. The van der Waals surface area contributed by atoms with Crippen LogP contribution in [0.15, 0.2) is 40.4 Å². The SMILES string of the molecule is CCOC(=O)c1cc(Nc2nccc(NC(=NC)C(C)C(C)=N)n2)cc(S(C)(=O)=O)c1. The van der Waals surface area contributed by atoms with Crippen LogP contribution in [0.25, 0.3) is 0 Å². The lowest BCUT2D eigenvalue weighted by molar-refractivity contribution is 0.0526. The van der Waals surface area contributed by atoms with Gasteiger partial charge in [0.15, 0.2) is 9.84 Å². The number of aromatic nitrogens is 2. The summed E-state index contributed by atoms with van der Waals surface area (Å²) in [5, 5.41) is 13.8. The quantitative estimate of drug-likeness (QED) is 0.319. The molecule has 0 aliphatic carbocycles. The largest absolute Gasteiger partial charge is 0.462 e. The molecule has 1 atom stereocenters. The molecule has 3 N–H and O–H groups in total. The Morgan fingerprint density at radius 1 is 1.32 bits per heavy atom. The predicted molar refractivity (Wildman–Crippen MR) is 120 cm³/mol. The Morgan fingerprint density at radius 3 is 2.61 bits per heavy atom. The number of sulfone groups is 1. The number of hydrogen-bond acceptors (Lipinski definition) is 9. The molecule has 0 radical (unpaired) electrons. The van der Waals surface area contributed by atoms with Crippen LogP contribution in [0.3, 0.4) is 0 Å². The Labute approximate surface area is 181 Å². The van der Waals surface area contributed by atoms with Gasteiger partial charge in [0.05, 0.1) is 23.0 Å². The Morgan fingerprint density at radius 2 is 2.03 bits per heavy atom. The van der Waals surface area contributed by atoms with Gasteiger partial charge in [-0.15, -0.1) is 0 Å². The first-order valence-corrected chi connectivity index (χ1v) is 11.3. The van der Waals surface area contributed by atoms with E-state index in [2.05, 4.69) is 25.6 Å². The van der Waals surface area contributed by atoms with Crippen LogP contribution in [0.5, 0.6) is 0 Å². The van der Waals surface area contributed by atoms with Crippen molar-refractivity contribution in [3.8, 4) is 0 Å². The van der Waals surface area contributed by atoms with Crippen molar-refractivity contribution in [1.29, 1.82) is 5.41 Å². The highest BCUT2D eigenvalue weighted by atomic mass is 32.2. The molecule has 0 spiro atoms. The van der Waals surface area contributed by atoms with Crippen LogP contribution < -0.4 is 10.6 Å². The van der Waals surface area contributed by atoms with Gasteiger partial charge in [0.25, 0.3) is 0 Å². The molecule has 1 aromatic heterocycles. The molecule has 0 saturated heterocycles. The number of ether oxygens (including phenoxy) is 1. The van der Waals surface area contributed by atoms with E-state index in [1.165, 1.54) is 24.4 Å². The topological polar surface area (TPSA) is 146 Å². The molecule has 10 nitrogen and oxygen atoms in total. The number of anilines is 3. The van der Waals surface area contributed by atoms with Gasteiger partial charge in [-0.25, -0.2) is 18.2 Å². The number of esters is 1. The molecule has 0 amide bonds. The van der Waals surface area contributed by atoms with E-state index in [1.807, 2.05) is 6.92 Å². The highest BCUT2D eigenvalue weighted by Crippen LogP contribution is 2.22. The molecule has 1 aromatic carbocycles.